The Balaban J connectivity index is 1.91. The van der Waals surface area contributed by atoms with Gasteiger partial charge >= 0.3 is 0 Å². The Bertz CT molecular complexity index is 921. The smallest absolute Gasteiger partial charge is 0.130 e. The maximum Gasteiger partial charge on any atom is 0.130 e. The lowest BCUT2D eigenvalue weighted by atomic mass is 9.69. The summed E-state index contributed by atoms with van der Waals surface area (Å²) in [6.45, 7) is 3.91. The first kappa shape index (κ1) is 17.9. The Hall–Kier alpha value is -2.48. The summed E-state index contributed by atoms with van der Waals surface area (Å²) in [7, 11) is 0. The number of hydrogen-bond acceptors (Lipinski definition) is 0. The van der Waals surface area contributed by atoms with Gasteiger partial charge in [0.15, 0.2) is 0 Å². The van der Waals surface area contributed by atoms with Crippen molar-refractivity contribution in [2.24, 2.45) is 0 Å². The van der Waals surface area contributed by atoms with Crippen LogP contribution in [0.25, 0.3) is 0 Å². The molecule has 1 aliphatic carbocycles. The Kier molecular flexibility index (Phi) is 4.82. The lowest BCUT2D eigenvalue weighted by Crippen LogP contribution is -2.22. The molecule has 2 heteroatoms. The van der Waals surface area contributed by atoms with E-state index in [0.717, 1.165) is 24.0 Å². The Labute approximate surface area is 159 Å². The van der Waals surface area contributed by atoms with E-state index in [0.29, 0.717) is 5.56 Å². The van der Waals surface area contributed by atoms with Crippen molar-refractivity contribution in [1.82, 2.24) is 0 Å². The molecule has 4 rings (SSSR count). The second-order valence-electron chi connectivity index (χ2n) is 7.79. The van der Waals surface area contributed by atoms with Crippen LogP contribution in [0.2, 0.25) is 0 Å². The van der Waals surface area contributed by atoms with Crippen molar-refractivity contribution in [1.29, 1.82) is 0 Å². The SMILES string of the molecule is CC(C)c1cc(F)c(C2c3ccccc3CCC2c2ccccc2)c(F)c1. The molecule has 0 aliphatic heterocycles. The van der Waals surface area contributed by atoms with Gasteiger partial charge in [0.25, 0.3) is 0 Å². The highest BCUT2D eigenvalue weighted by atomic mass is 19.1. The molecule has 2 atom stereocenters. The molecule has 2 unspecified atom stereocenters. The van der Waals surface area contributed by atoms with Crippen molar-refractivity contribution in [2.75, 3.05) is 0 Å². The first-order valence-electron chi connectivity index (χ1n) is 9.68. The molecule has 0 saturated carbocycles. The third-order valence-electron chi connectivity index (χ3n) is 5.82. The van der Waals surface area contributed by atoms with Gasteiger partial charge in [0.1, 0.15) is 11.6 Å². The van der Waals surface area contributed by atoms with Crippen LogP contribution in [0.4, 0.5) is 8.78 Å². The van der Waals surface area contributed by atoms with Gasteiger partial charge < -0.3 is 0 Å². The summed E-state index contributed by atoms with van der Waals surface area (Å²) < 4.78 is 30.4. The van der Waals surface area contributed by atoms with Gasteiger partial charge in [0, 0.05) is 11.5 Å². The molecule has 0 fully saturated rings. The van der Waals surface area contributed by atoms with Gasteiger partial charge in [0.2, 0.25) is 0 Å². The highest BCUT2D eigenvalue weighted by Gasteiger charge is 2.35. The standard InChI is InChI=1S/C25H24F2/c1-16(2)19-14-22(26)25(23(27)15-19)24-20-11-7-6-10-18(20)12-13-21(24)17-8-4-3-5-9-17/h3-11,14-16,21,24H,12-13H2,1-2H3. The van der Waals surface area contributed by atoms with E-state index in [1.54, 1.807) is 0 Å². The number of aryl methyl sites for hydroxylation is 1. The molecule has 0 nitrogen and oxygen atoms in total. The fraction of sp³-hybridized carbons (Fsp3) is 0.280. The molecule has 1 aliphatic rings. The highest BCUT2D eigenvalue weighted by molar-refractivity contribution is 5.46. The van der Waals surface area contributed by atoms with Crippen LogP contribution in [0, 0.1) is 11.6 Å². The monoisotopic (exact) mass is 362 g/mol. The van der Waals surface area contributed by atoms with E-state index in [9.17, 15) is 0 Å². The molecule has 0 heterocycles. The van der Waals surface area contributed by atoms with Crippen LogP contribution < -0.4 is 0 Å². The fourth-order valence-corrected chi connectivity index (χ4v) is 4.41. The topological polar surface area (TPSA) is 0 Å². The molecule has 0 saturated heterocycles. The first-order valence-corrected chi connectivity index (χ1v) is 9.68. The molecule has 0 spiro atoms. The maximum absolute atomic E-state index is 15.2. The summed E-state index contributed by atoms with van der Waals surface area (Å²) in [4.78, 5) is 0. The van der Waals surface area contributed by atoms with Gasteiger partial charge in [-0.3, -0.25) is 0 Å². The molecule has 0 radical (unpaired) electrons. The average Bonchev–Trinajstić information content (AvgIpc) is 2.68. The van der Waals surface area contributed by atoms with Gasteiger partial charge in [-0.15, -0.1) is 0 Å². The summed E-state index contributed by atoms with van der Waals surface area (Å²) in [6, 6.07) is 21.3. The van der Waals surface area contributed by atoms with Crippen molar-refractivity contribution in [3.8, 4) is 0 Å². The summed E-state index contributed by atoms with van der Waals surface area (Å²) in [5.41, 5.74) is 4.30. The number of hydrogen-bond donors (Lipinski definition) is 0. The van der Waals surface area contributed by atoms with Crippen LogP contribution >= 0.6 is 0 Å². The Morgan fingerprint density at radius 2 is 1.48 bits per heavy atom. The van der Waals surface area contributed by atoms with Crippen LogP contribution in [0.3, 0.4) is 0 Å². The normalized spacial score (nSPS) is 19.1. The molecule has 0 aromatic heterocycles. The second kappa shape index (κ2) is 7.26. The van der Waals surface area contributed by atoms with Gasteiger partial charge in [-0.2, -0.15) is 0 Å². The summed E-state index contributed by atoms with van der Waals surface area (Å²) in [5, 5.41) is 0. The Morgan fingerprint density at radius 1 is 0.852 bits per heavy atom. The lowest BCUT2D eigenvalue weighted by molar-refractivity contribution is 0.469. The minimum absolute atomic E-state index is 0.0648. The summed E-state index contributed by atoms with van der Waals surface area (Å²) >= 11 is 0. The predicted octanol–water partition coefficient (Wildman–Crippen LogP) is 6.95. The van der Waals surface area contributed by atoms with Crippen LogP contribution in [0.15, 0.2) is 66.7 Å². The van der Waals surface area contributed by atoms with Crippen molar-refractivity contribution >= 4 is 0 Å². The van der Waals surface area contributed by atoms with Crippen molar-refractivity contribution < 1.29 is 8.78 Å². The minimum Gasteiger partial charge on any atom is -0.207 e. The first-order chi connectivity index (χ1) is 13.1. The van der Waals surface area contributed by atoms with Crippen LogP contribution in [-0.4, -0.2) is 0 Å². The van der Waals surface area contributed by atoms with Gasteiger partial charge in [-0.05, 0) is 59.1 Å². The van der Waals surface area contributed by atoms with Crippen molar-refractivity contribution in [3.05, 3.63) is 106 Å². The van der Waals surface area contributed by atoms with Crippen molar-refractivity contribution in [2.45, 2.75) is 44.4 Å². The molecule has 138 valence electrons. The molecular weight excluding hydrogens is 338 g/mol. The van der Waals surface area contributed by atoms with E-state index < -0.39 is 11.6 Å². The summed E-state index contributed by atoms with van der Waals surface area (Å²) in [6.07, 6.45) is 1.82. The number of rotatable bonds is 3. The average molecular weight is 362 g/mol. The molecule has 27 heavy (non-hydrogen) atoms. The maximum atomic E-state index is 15.2. The number of fused-ring (bicyclic) bond motifs is 1. The van der Waals surface area contributed by atoms with E-state index in [4.69, 9.17) is 0 Å². The molecule has 3 aromatic rings. The third kappa shape index (κ3) is 3.29. The molecule has 0 amide bonds. The van der Waals surface area contributed by atoms with E-state index in [1.165, 1.54) is 17.7 Å². The van der Waals surface area contributed by atoms with Crippen molar-refractivity contribution in [3.63, 3.8) is 0 Å². The largest absolute Gasteiger partial charge is 0.207 e. The predicted molar refractivity (Wildman–Crippen MR) is 106 cm³/mol. The van der Waals surface area contributed by atoms with Crippen LogP contribution in [0.5, 0.6) is 0 Å². The minimum atomic E-state index is -0.429. The zero-order valence-corrected chi connectivity index (χ0v) is 15.8. The zero-order valence-electron chi connectivity index (χ0n) is 15.8. The third-order valence-corrected chi connectivity index (χ3v) is 5.82. The summed E-state index contributed by atoms with van der Waals surface area (Å²) in [5.74, 6) is -1.01. The van der Waals surface area contributed by atoms with E-state index in [1.807, 2.05) is 50.2 Å². The molecule has 0 bridgehead atoms. The lowest BCUT2D eigenvalue weighted by Gasteiger charge is -2.35. The molecule has 0 N–H and O–H groups in total. The highest BCUT2D eigenvalue weighted by Crippen LogP contribution is 2.47. The molecular formula is C25H24F2. The van der Waals surface area contributed by atoms with Crippen LogP contribution in [0.1, 0.15) is 65.8 Å². The zero-order chi connectivity index (χ0) is 19.0. The van der Waals surface area contributed by atoms with E-state index in [2.05, 4.69) is 18.2 Å². The van der Waals surface area contributed by atoms with Gasteiger partial charge in [-0.1, -0.05) is 68.4 Å². The van der Waals surface area contributed by atoms with Crippen LogP contribution in [-0.2, 0) is 6.42 Å². The Morgan fingerprint density at radius 3 is 2.15 bits per heavy atom. The quantitative estimate of drug-likeness (QED) is 0.473. The fourth-order valence-electron chi connectivity index (χ4n) is 4.41. The number of benzene rings is 3. The van der Waals surface area contributed by atoms with E-state index >= 15 is 8.78 Å². The number of halogens is 2. The molecule has 3 aromatic carbocycles. The van der Waals surface area contributed by atoms with E-state index in [-0.39, 0.29) is 23.3 Å². The van der Waals surface area contributed by atoms with Gasteiger partial charge in [-0.25, -0.2) is 8.78 Å². The van der Waals surface area contributed by atoms with Gasteiger partial charge in [0.05, 0.1) is 0 Å². The second-order valence-corrected chi connectivity index (χ2v) is 7.79.